The third-order valence-electron chi connectivity index (χ3n) is 3.89. The van der Waals surface area contributed by atoms with Crippen LogP contribution in [0.2, 0.25) is 0 Å². The van der Waals surface area contributed by atoms with Crippen LogP contribution in [0.1, 0.15) is 25.7 Å². The zero-order chi connectivity index (χ0) is 14.2. The molecule has 7 nitrogen and oxygen atoms in total. The summed E-state index contributed by atoms with van der Waals surface area (Å²) >= 11 is 0. The molecule has 110 valence electrons. The number of primary sulfonamides is 1. The van der Waals surface area contributed by atoms with Crippen LogP contribution in [0, 0.1) is 0 Å². The second-order valence-corrected chi connectivity index (χ2v) is 7.15. The van der Waals surface area contributed by atoms with Crippen molar-refractivity contribution in [2.45, 2.75) is 37.0 Å². The molecule has 1 aliphatic heterocycles. The summed E-state index contributed by atoms with van der Waals surface area (Å²) in [4.78, 5) is 10.4. The highest BCUT2D eigenvalue weighted by molar-refractivity contribution is 7.89. The fraction of sp³-hybridized carbons (Fsp3) is 0.667. The van der Waals surface area contributed by atoms with Gasteiger partial charge in [-0.1, -0.05) is 0 Å². The van der Waals surface area contributed by atoms with Gasteiger partial charge in [-0.05, 0) is 25.7 Å². The van der Waals surface area contributed by atoms with Crippen LogP contribution in [-0.4, -0.2) is 42.8 Å². The fourth-order valence-electron chi connectivity index (χ4n) is 2.45. The van der Waals surface area contributed by atoms with Crippen LogP contribution in [0.25, 0.3) is 0 Å². The molecule has 8 heteroatoms. The van der Waals surface area contributed by atoms with Crippen molar-refractivity contribution in [3.8, 4) is 5.88 Å². The monoisotopic (exact) mass is 298 g/mol. The van der Waals surface area contributed by atoms with E-state index in [-0.39, 0.29) is 6.10 Å². The van der Waals surface area contributed by atoms with Crippen molar-refractivity contribution in [1.82, 2.24) is 9.97 Å². The van der Waals surface area contributed by atoms with E-state index in [0.29, 0.717) is 31.2 Å². The van der Waals surface area contributed by atoms with E-state index in [9.17, 15) is 8.42 Å². The van der Waals surface area contributed by atoms with Crippen LogP contribution in [0.15, 0.2) is 12.4 Å². The van der Waals surface area contributed by atoms with Gasteiger partial charge in [0.15, 0.2) is 5.82 Å². The lowest BCUT2D eigenvalue weighted by atomic mass is 9.96. The largest absolute Gasteiger partial charge is 0.472 e. The number of anilines is 1. The maximum Gasteiger partial charge on any atom is 0.257 e. The van der Waals surface area contributed by atoms with Gasteiger partial charge in [-0.25, -0.2) is 23.5 Å². The van der Waals surface area contributed by atoms with Gasteiger partial charge in [0.2, 0.25) is 10.0 Å². The van der Waals surface area contributed by atoms with E-state index in [4.69, 9.17) is 9.88 Å². The van der Waals surface area contributed by atoms with E-state index < -0.39 is 15.3 Å². The molecule has 0 bridgehead atoms. The molecule has 0 radical (unpaired) electrons. The molecule has 1 atom stereocenters. The summed E-state index contributed by atoms with van der Waals surface area (Å²) in [6.45, 7) is 0.944. The lowest BCUT2D eigenvalue weighted by Gasteiger charge is -2.28. The lowest BCUT2D eigenvalue weighted by Crippen LogP contribution is -2.32. The molecule has 1 saturated heterocycles. The molecule has 1 saturated carbocycles. The van der Waals surface area contributed by atoms with Crippen LogP contribution in [0.3, 0.4) is 0 Å². The Kier molecular flexibility index (Phi) is 3.51. The van der Waals surface area contributed by atoms with E-state index in [1.165, 1.54) is 6.42 Å². The number of hydrogen-bond acceptors (Lipinski definition) is 6. The number of rotatable bonds is 4. The Morgan fingerprint density at radius 1 is 1.25 bits per heavy atom. The average molecular weight is 298 g/mol. The summed E-state index contributed by atoms with van der Waals surface area (Å²) in [5.41, 5.74) is 0. The number of ether oxygens (including phenoxy) is 1. The number of hydrogen-bond donors (Lipinski definition) is 1. The Morgan fingerprint density at radius 3 is 2.60 bits per heavy atom. The Labute approximate surface area is 118 Å². The first-order valence-corrected chi connectivity index (χ1v) is 8.39. The van der Waals surface area contributed by atoms with Crippen molar-refractivity contribution in [2.24, 2.45) is 5.14 Å². The Bertz CT molecular complexity index is 588. The molecule has 1 aromatic heterocycles. The highest BCUT2D eigenvalue weighted by Gasteiger charge is 2.33. The van der Waals surface area contributed by atoms with Gasteiger partial charge < -0.3 is 9.64 Å². The van der Waals surface area contributed by atoms with Crippen molar-refractivity contribution < 1.29 is 13.2 Å². The third-order valence-corrected chi connectivity index (χ3v) is 5.20. The Hall–Kier alpha value is -1.41. The predicted molar refractivity (Wildman–Crippen MR) is 74.0 cm³/mol. The van der Waals surface area contributed by atoms with Crippen LogP contribution < -0.4 is 14.8 Å². The van der Waals surface area contributed by atoms with E-state index in [0.717, 1.165) is 12.8 Å². The minimum absolute atomic E-state index is 0.210. The molecule has 0 amide bonds. The van der Waals surface area contributed by atoms with Gasteiger partial charge in [0.25, 0.3) is 5.88 Å². The average Bonchev–Trinajstić information content (AvgIpc) is 2.83. The van der Waals surface area contributed by atoms with Gasteiger partial charge in [0, 0.05) is 25.5 Å². The number of aromatic nitrogens is 2. The standard InChI is InChI=1S/C12H18N4O3S/c13-20(17,18)10-4-7-16(8-10)11-12(15-6-5-14-11)19-9-2-1-3-9/h5-6,9-10H,1-4,7-8H2,(H2,13,17,18). The van der Waals surface area contributed by atoms with E-state index in [2.05, 4.69) is 9.97 Å². The van der Waals surface area contributed by atoms with E-state index in [1.54, 1.807) is 12.4 Å². The van der Waals surface area contributed by atoms with Gasteiger partial charge in [-0.15, -0.1) is 0 Å². The maximum atomic E-state index is 11.4. The molecule has 2 heterocycles. The first-order chi connectivity index (χ1) is 9.54. The van der Waals surface area contributed by atoms with E-state index >= 15 is 0 Å². The minimum Gasteiger partial charge on any atom is -0.472 e. The van der Waals surface area contributed by atoms with E-state index in [1.807, 2.05) is 4.90 Å². The maximum absolute atomic E-state index is 11.4. The summed E-state index contributed by atoms with van der Waals surface area (Å²) in [5.74, 6) is 1.11. The summed E-state index contributed by atoms with van der Waals surface area (Å²) < 4.78 is 28.6. The summed E-state index contributed by atoms with van der Waals surface area (Å²) in [7, 11) is -3.50. The summed E-state index contributed by atoms with van der Waals surface area (Å²) in [6.07, 6.45) is 7.15. The molecule has 1 unspecified atom stereocenters. The van der Waals surface area contributed by atoms with Gasteiger partial charge in [0.1, 0.15) is 6.10 Å². The van der Waals surface area contributed by atoms with Crippen LogP contribution >= 0.6 is 0 Å². The molecule has 1 aliphatic carbocycles. The summed E-state index contributed by atoms with van der Waals surface area (Å²) in [5, 5.41) is 4.67. The first kappa shape index (κ1) is 13.6. The molecule has 20 heavy (non-hydrogen) atoms. The SMILES string of the molecule is NS(=O)(=O)C1CCN(c2nccnc2OC2CCC2)C1. The molecule has 2 N–H and O–H groups in total. The highest BCUT2D eigenvalue weighted by Crippen LogP contribution is 2.31. The van der Waals surface area contributed by atoms with Crippen LogP contribution in [-0.2, 0) is 10.0 Å². The smallest absolute Gasteiger partial charge is 0.257 e. The highest BCUT2D eigenvalue weighted by atomic mass is 32.2. The number of nitrogens with zero attached hydrogens (tertiary/aromatic N) is 3. The van der Waals surface area contributed by atoms with Crippen LogP contribution in [0.5, 0.6) is 5.88 Å². The van der Waals surface area contributed by atoms with Crippen molar-refractivity contribution in [1.29, 1.82) is 0 Å². The van der Waals surface area contributed by atoms with Crippen molar-refractivity contribution in [2.75, 3.05) is 18.0 Å². The molecule has 2 fully saturated rings. The van der Waals surface area contributed by atoms with Crippen molar-refractivity contribution in [3.63, 3.8) is 0 Å². The second-order valence-electron chi connectivity index (χ2n) is 5.30. The normalized spacial score (nSPS) is 23.6. The predicted octanol–water partition coefficient (Wildman–Crippen LogP) is 0.275. The molecule has 2 aliphatic rings. The Balaban J connectivity index is 1.77. The van der Waals surface area contributed by atoms with Crippen LogP contribution in [0.4, 0.5) is 5.82 Å². The van der Waals surface area contributed by atoms with Gasteiger partial charge in [-0.2, -0.15) is 0 Å². The van der Waals surface area contributed by atoms with Crippen molar-refractivity contribution >= 4 is 15.8 Å². The Morgan fingerprint density at radius 2 is 2.00 bits per heavy atom. The zero-order valence-corrected chi connectivity index (χ0v) is 11.9. The summed E-state index contributed by atoms with van der Waals surface area (Å²) in [6, 6.07) is 0. The molecular weight excluding hydrogens is 280 g/mol. The van der Waals surface area contributed by atoms with Gasteiger partial charge in [-0.3, -0.25) is 0 Å². The number of sulfonamides is 1. The minimum atomic E-state index is -3.50. The molecule has 0 spiro atoms. The molecular formula is C12H18N4O3S. The van der Waals surface area contributed by atoms with Gasteiger partial charge in [0.05, 0.1) is 5.25 Å². The zero-order valence-electron chi connectivity index (χ0n) is 11.1. The molecule has 0 aromatic carbocycles. The third kappa shape index (κ3) is 2.71. The van der Waals surface area contributed by atoms with Gasteiger partial charge >= 0.3 is 0 Å². The number of nitrogens with two attached hydrogens (primary N) is 1. The van der Waals surface area contributed by atoms with Crippen molar-refractivity contribution in [3.05, 3.63) is 12.4 Å². The molecule has 1 aromatic rings. The first-order valence-electron chi connectivity index (χ1n) is 6.78. The lowest BCUT2D eigenvalue weighted by molar-refractivity contribution is 0.114. The molecule has 3 rings (SSSR count). The quantitative estimate of drug-likeness (QED) is 0.857. The fourth-order valence-corrected chi connectivity index (χ4v) is 3.27. The second kappa shape index (κ2) is 5.17. The topological polar surface area (TPSA) is 98.4 Å².